The number of hydrogen-bond acceptors (Lipinski definition) is 16. The fraction of sp³-hybridized carbons (Fsp3) is 0.600. The highest BCUT2D eigenvalue weighted by Gasteiger charge is 2.35. The van der Waals surface area contributed by atoms with Crippen molar-refractivity contribution in [3.8, 4) is 46.0 Å². The minimum absolute atomic E-state index is 0.318. The summed E-state index contributed by atoms with van der Waals surface area (Å²) in [6.45, 7) is 82.0. The average Bonchev–Trinajstić information content (AvgIpc) is 0.764. The van der Waals surface area contributed by atoms with Crippen LogP contribution in [0.4, 0.5) is 0 Å². The normalized spacial score (nSPS) is 13.4. The Balaban J connectivity index is 1.55. The predicted molar refractivity (Wildman–Crippen MR) is 559 cm³/mol. The molecule has 1 aliphatic carbocycles. The molecule has 8 aromatic carbocycles. The highest BCUT2D eigenvalue weighted by Crippen LogP contribution is 2.49. The minimum Gasteiger partial charge on any atom is -0.491 e. The van der Waals surface area contributed by atoms with Crippen molar-refractivity contribution in [3.63, 3.8) is 0 Å². The molecular formula is C120H176O16. The van der Waals surface area contributed by atoms with Crippen molar-refractivity contribution in [2.45, 2.75) is 316 Å². The molecule has 0 radical (unpaired) electrons. The summed E-state index contributed by atoms with van der Waals surface area (Å²) in [5.74, 6) is 6.43. The van der Waals surface area contributed by atoms with E-state index >= 15 is 0 Å². The van der Waals surface area contributed by atoms with Gasteiger partial charge in [-0.05, 0) is 232 Å². The van der Waals surface area contributed by atoms with Gasteiger partial charge in [0.15, 0.2) is 0 Å². The third kappa shape index (κ3) is 31.9. The van der Waals surface area contributed by atoms with Crippen LogP contribution in [-0.2, 0) is 133 Å². The summed E-state index contributed by atoms with van der Waals surface area (Å²) in [5.41, 5.74) is 23.4. The first kappa shape index (κ1) is 111. The van der Waals surface area contributed by atoms with Gasteiger partial charge < -0.3 is 75.8 Å². The van der Waals surface area contributed by atoms with Gasteiger partial charge >= 0.3 is 0 Å². The molecule has 0 fully saturated rings. The van der Waals surface area contributed by atoms with E-state index in [1.807, 2.05) is 55.4 Å². The standard InChI is InChI=1S/C120H176O16/c1-33-121-41-49-129-105-81-57-83-67-98(114(12,13)14)69-85(106(83)130-50-42-122-34-2)59-87-71-100(116(18,19)20)73-89(108(87)132-52-44-124-36-4)61-91-75-102(118(24,25)26)77-93(110(91)134-54-46-126-38-6)63-95-79-104(120(30,31)32)80-96(112(95)136-56-48-128-40-8)64-94-78-103(119(27,28)29)76-92(111(94)135-55-47-127-39-7)62-90-74-101(117(21,22)23)72-88(109(90)133-53-45-125-37-5)60-86-70-99(115(15,16)17)68-84(107(86)131-51-43-123-35-3)58-82(105)66-97(65-81)113(9,10)11/h65-80H,33-64H2,1-32H3. The quantitative estimate of drug-likeness (QED) is 0.0335. The summed E-state index contributed by atoms with van der Waals surface area (Å²) in [5, 5.41) is 0. The smallest absolute Gasteiger partial charge is 0.126 e. The topological polar surface area (TPSA) is 148 Å². The van der Waals surface area contributed by atoms with Gasteiger partial charge in [0.25, 0.3) is 0 Å². The molecule has 0 atom stereocenters. The van der Waals surface area contributed by atoms with Crippen molar-refractivity contribution < 1.29 is 75.8 Å². The Kier molecular flexibility index (Phi) is 41.2. The van der Waals surface area contributed by atoms with Gasteiger partial charge in [-0.15, -0.1) is 0 Å². The lowest BCUT2D eigenvalue weighted by Gasteiger charge is -2.29. The van der Waals surface area contributed by atoms with Crippen LogP contribution in [0.3, 0.4) is 0 Å². The maximum Gasteiger partial charge on any atom is 0.126 e. The van der Waals surface area contributed by atoms with Crippen LogP contribution in [0.5, 0.6) is 46.0 Å². The number of ether oxygens (including phenoxy) is 16. The maximum atomic E-state index is 7.48. The van der Waals surface area contributed by atoms with E-state index in [1.165, 1.54) is 44.5 Å². The van der Waals surface area contributed by atoms with Crippen molar-refractivity contribution in [3.05, 3.63) is 231 Å². The molecule has 0 spiro atoms. The van der Waals surface area contributed by atoms with E-state index in [1.54, 1.807) is 0 Å². The summed E-state index contributed by atoms with van der Waals surface area (Å²) < 4.78 is 110. The average molecular weight is 1870 g/mol. The Morgan fingerprint density at radius 3 is 0.287 bits per heavy atom. The van der Waals surface area contributed by atoms with Crippen LogP contribution in [-0.4, -0.2) is 159 Å². The fourth-order valence-corrected chi connectivity index (χ4v) is 17.5. The number of hydrogen-bond donors (Lipinski definition) is 0. The van der Waals surface area contributed by atoms with E-state index in [0.29, 0.717) is 210 Å². The Bertz CT molecular complexity index is 3980. The largest absolute Gasteiger partial charge is 0.491 e. The first-order valence-electron chi connectivity index (χ1n) is 51.1. The predicted octanol–water partition coefficient (Wildman–Crippen LogP) is 26.4. The van der Waals surface area contributed by atoms with Crippen LogP contribution < -0.4 is 37.9 Å². The lowest BCUT2D eigenvalue weighted by molar-refractivity contribution is 0.108. The van der Waals surface area contributed by atoms with Gasteiger partial charge in [-0.2, -0.15) is 0 Å². The maximum absolute atomic E-state index is 7.48. The summed E-state index contributed by atoms with van der Waals surface area (Å²) in [4.78, 5) is 0. The molecule has 0 aromatic heterocycles. The van der Waals surface area contributed by atoms with Crippen molar-refractivity contribution in [1.29, 1.82) is 0 Å². The number of benzene rings is 8. The Morgan fingerprint density at radius 2 is 0.221 bits per heavy atom. The first-order chi connectivity index (χ1) is 64.2. The highest BCUT2D eigenvalue weighted by molar-refractivity contribution is 5.64. The van der Waals surface area contributed by atoms with Crippen LogP contribution in [0, 0.1) is 0 Å². The molecule has 752 valence electrons. The van der Waals surface area contributed by atoms with Gasteiger partial charge in [-0.3, -0.25) is 0 Å². The van der Waals surface area contributed by atoms with Gasteiger partial charge in [-0.1, -0.05) is 263 Å². The molecule has 0 N–H and O–H groups in total. The van der Waals surface area contributed by atoms with E-state index in [-0.39, 0.29) is 43.3 Å². The molecular weight excluding hydrogens is 1700 g/mol. The lowest BCUT2D eigenvalue weighted by Crippen LogP contribution is -2.19. The Morgan fingerprint density at radius 1 is 0.140 bits per heavy atom. The Labute approximate surface area is 822 Å². The third-order valence-electron chi connectivity index (χ3n) is 25.3. The van der Waals surface area contributed by atoms with E-state index in [4.69, 9.17) is 75.8 Å². The van der Waals surface area contributed by atoms with E-state index in [9.17, 15) is 0 Å². The first-order valence-corrected chi connectivity index (χ1v) is 51.1. The van der Waals surface area contributed by atoms with Crippen LogP contribution >= 0.6 is 0 Å². The highest BCUT2D eigenvalue weighted by atomic mass is 16.6. The molecule has 1 aliphatic rings. The molecule has 16 heteroatoms. The molecule has 0 saturated heterocycles. The van der Waals surface area contributed by atoms with Crippen molar-refractivity contribution in [2.75, 3.05) is 159 Å². The van der Waals surface area contributed by atoms with Gasteiger partial charge in [0.1, 0.15) is 98.9 Å². The van der Waals surface area contributed by atoms with Crippen LogP contribution in [0.1, 0.15) is 355 Å². The van der Waals surface area contributed by atoms with E-state index in [2.05, 4.69) is 263 Å². The fourth-order valence-electron chi connectivity index (χ4n) is 17.5. The summed E-state index contributed by atoms with van der Waals surface area (Å²) in [7, 11) is 0. The third-order valence-corrected chi connectivity index (χ3v) is 25.3. The zero-order valence-corrected chi connectivity index (χ0v) is 90.4. The number of fused-ring (bicyclic) bond motifs is 16. The van der Waals surface area contributed by atoms with Crippen molar-refractivity contribution >= 4 is 0 Å². The molecule has 136 heavy (non-hydrogen) atoms. The van der Waals surface area contributed by atoms with Gasteiger partial charge in [-0.25, -0.2) is 0 Å². The second kappa shape index (κ2) is 50.3. The summed E-state index contributed by atoms with van der Waals surface area (Å²) >= 11 is 0. The zero-order valence-electron chi connectivity index (χ0n) is 90.4. The van der Waals surface area contributed by atoms with Gasteiger partial charge in [0, 0.05) is 104 Å². The van der Waals surface area contributed by atoms with E-state index in [0.717, 1.165) is 135 Å². The summed E-state index contributed by atoms with van der Waals surface area (Å²) in [6.07, 6.45) is 3.67. The molecule has 8 aromatic rings. The molecule has 9 rings (SSSR count). The zero-order chi connectivity index (χ0) is 99.7. The molecule has 16 bridgehead atoms. The molecule has 0 unspecified atom stereocenters. The summed E-state index contributed by atoms with van der Waals surface area (Å²) in [6, 6.07) is 38.3. The minimum atomic E-state index is -0.322. The second-order valence-corrected chi connectivity index (χ2v) is 44.8. The number of rotatable bonds is 40. The molecule has 0 aliphatic heterocycles. The van der Waals surface area contributed by atoms with Crippen molar-refractivity contribution in [2.24, 2.45) is 0 Å². The van der Waals surface area contributed by atoms with Crippen LogP contribution in [0.2, 0.25) is 0 Å². The lowest BCUT2D eigenvalue weighted by atomic mass is 9.79. The van der Waals surface area contributed by atoms with E-state index < -0.39 is 0 Å². The van der Waals surface area contributed by atoms with Gasteiger partial charge in [0.2, 0.25) is 0 Å². The monoisotopic (exact) mass is 1870 g/mol. The molecule has 0 heterocycles. The molecule has 0 amide bonds. The van der Waals surface area contributed by atoms with Crippen molar-refractivity contribution in [1.82, 2.24) is 0 Å². The molecule has 16 nitrogen and oxygen atoms in total. The van der Waals surface area contributed by atoms with Crippen LogP contribution in [0.15, 0.2) is 97.1 Å². The molecule has 0 saturated carbocycles. The second-order valence-electron chi connectivity index (χ2n) is 44.8. The SMILES string of the molecule is CCOCCOc1c2cc(C(C)(C)C)cc1Cc1cc(C(C)(C)C)cc(c1OCCOCC)Cc1cc(C(C)(C)C)cc(c1OCCOCC)Cc1cc(C(C)(C)C)cc(c1OCCOCC)Cc1cc(C(C)(C)C)cc(c1OCCOCC)Cc1cc(C(C)(C)C)cc(c1OCCOCC)Cc1cc(C(C)(C)C)cc(c1OCCOCC)Cc1cc(C(C)(C)C)cc(c1OCCOCC)C2. The Hall–Kier alpha value is -8.16. The van der Waals surface area contributed by atoms with Crippen LogP contribution in [0.25, 0.3) is 0 Å². The van der Waals surface area contributed by atoms with Gasteiger partial charge in [0.05, 0.1) is 52.9 Å².